The van der Waals surface area contributed by atoms with Crippen molar-refractivity contribution in [3.05, 3.63) is 78.0 Å². The smallest absolute Gasteiger partial charge is 0.252 e. The van der Waals surface area contributed by atoms with Crippen LogP contribution in [0, 0.1) is 0 Å². The number of aryl methyl sites for hydroxylation is 1. The van der Waals surface area contributed by atoms with Gasteiger partial charge in [0.25, 0.3) is 5.91 Å². The molecule has 0 unspecified atom stereocenters. The summed E-state index contributed by atoms with van der Waals surface area (Å²) in [5, 5.41) is 3.52. The number of primary amides is 1. The molecule has 0 fully saturated rings. The Labute approximate surface area is 152 Å². The van der Waals surface area contributed by atoms with Gasteiger partial charge in [0.1, 0.15) is 6.04 Å². The molecule has 26 heavy (non-hydrogen) atoms. The van der Waals surface area contributed by atoms with Gasteiger partial charge in [-0.3, -0.25) is 14.6 Å². The number of amides is 2. The Balaban J connectivity index is 1.67. The third-order valence-corrected chi connectivity index (χ3v) is 4.34. The summed E-state index contributed by atoms with van der Waals surface area (Å²) in [5.74, 6) is -0.836. The van der Waals surface area contributed by atoms with E-state index in [1.54, 1.807) is 12.3 Å². The number of hydrogen-bond acceptors (Lipinski definition) is 3. The van der Waals surface area contributed by atoms with E-state index < -0.39 is 11.9 Å². The van der Waals surface area contributed by atoms with Crippen molar-refractivity contribution in [2.24, 2.45) is 5.73 Å². The van der Waals surface area contributed by atoms with Gasteiger partial charge in [-0.15, -0.1) is 0 Å². The van der Waals surface area contributed by atoms with Gasteiger partial charge in [0, 0.05) is 11.6 Å². The van der Waals surface area contributed by atoms with Crippen LogP contribution in [0.5, 0.6) is 0 Å². The monoisotopic (exact) mass is 347 g/mol. The van der Waals surface area contributed by atoms with E-state index in [9.17, 15) is 9.59 Å². The molecule has 5 heteroatoms. The molecule has 0 saturated carbocycles. The van der Waals surface area contributed by atoms with Gasteiger partial charge in [0.15, 0.2) is 0 Å². The van der Waals surface area contributed by atoms with Gasteiger partial charge >= 0.3 is 0 Å². The van der Waals surface area contributed by atoms with E-state index in [4.69, 9.17) is 5.73 Å². The molecule has 1 heterocycles. The third-order valence-electron chi connectivity index (χ3n) is 4.34. The van der Waals surface area contributed by atoms with Crippen LogP contribution >= 0.6 is 0 Å². The fourth-order valence-electron chi connectivity index (χ4n) is 2.97. The van der Waals surface area contributed by atoms with Crippen LogP contribution in [0.3, 0.4) is 0 Å². The standard InChI is InChI=1S/C21H21N3O2/c22-20(25)19(12-6-9-15-7-2-1-3-8-15)24-21(26)17-13-14-23-18-11-5-4-10-16(17)18/h1-5,7-8,10-11,13-14,19H,6,9,12H2,(H2,22,25)(H,24,26)/t19-/m0/s1. The highest BCUT2D eigenvalue weighted by Crippen LogP contribution is 2.16. The van der Waals surface area contributed by atoms with Gasteiger partial charge in [-0.1, -0.05) is 48.5 Å². The van der Waals surface area contributed by atoms with E-state index in [0.717, 1.165) is 23.7 Å². The first kappa shape index (κ1) is 17.6. The van der Waals surface area contributed by atoms with Crippen molar-refractivity contribution in [1.29, 1.82) is 0 Å². The largest absolute Gasteiger partial charge is 0.368 e. The van der Waals surface area contributed by atoms with Crippen molar-refractivity contribution in [3.63, 3.8) is 0 Å². The van der Waals surface area contributed by atoms with Gasteiger partial charge < -0.3 is 11.1 Å². The van der Waals surface area contributed by atoms with E-state index in [-0.39, 0.29) is 5.91 Å². The van der Waals surface area contributed by atoms with Gasteiger partial charge in [-0.25, -0.2) is 0 Å². The number of nitrogens with zero attached hydrogens (tertiary/aromatic N) is 1. The summed E-state index contributed by atoms with van der Waals surface area (Å²) in [6.45, 7) is 0. The number of hydrogen-bond donors (Lipinski definition) is 2. The second-order valence-electron chi connectivity index (χ2n) is 6.18. The average molecular weight is 347 g/mol. The average Bonchev–Trinajstić information content (AvgIpc) is 2.67. The maximum Gasteiger partial charge on any atom is 0.252 e. The Kier molecular flexibility index (Phi) is 5.59. The topological polar surface area (TPSA) is 85.1 Å². The minimum absolute atomic E-state index is 0.313. The molecule has 2 amide bonds. The van der Waals surface area contributed by atoms with E-state index in [0.29, 0.717) is 12.0 Å². The molecule has 3 aromatic rings. The molecule has 3 N–H and O–H groups in total. The zero-order valence-electron chi connectivity index (χ0n) is 14.4. The van der Waals surface area contributed by atoms with Crippen molar-refractivity contribution in [2.75, 3.05) is 0 Å². The molecule has 2 aromatic carbocycles. The zero-order valence-corrected chi connectivity index (χ0v) is 14.4. The van der Waals surface area contributed by atoms with E-state index in [1.807, 2.05) is 54.6 Å². The lowest BCUT2D eigenvalue weighted by Gasteiger charge is -2.16. The lowest BCUT2D eigenvalue weighted by Crippen LogP contribution is -2.44. The molecular weight excluding hydrogens is 326 g/mol. The summed E-state index contributed by atoms with van der Waals surface area (Å²) >= 11 is 0. The quantitative estimate of drug-likeness (QED) is 0.689. The van der Waals surface area contributed by atoms with Crippen molar-refractivity contribution < 1.29 is 9.59 Å². The van der Waals surface area contributed by atoms with Gasteiger partial charge in [-0.05, 0) is 37.0 Å². The molecule has 132 valence electrons. The normalized spacial score (nSPS) is 11.8. The first-order valence-corrected chi connectivity index (χ1v) is 8.63. The first-order chi connectivity index (χ1) is 12.6. The molecule has 1 atom stereocenters. The molecule has 0 aliphatic carbocycles. The van der Waals surface area contributed by atoms with Crippen LogP contribution in [0.2, 0.25) is 0 Å². The van der Waals surface area contributed by atoms with Crippen molar-refractivity contribution in [3.8, 4) is 0 Å². The predicted octanol–water partition coefficient (Wildman–Crippen LogP) is 2.84. The minimum atomic E-state index is -0.696. The van der Waals surface area contributed by atoms with Gasteiger partial charge in [-0.2, -0.15) is 0 Å². The number of para-hydroxylation sites is 1. The fourth-order valence-corrected chi connectivity index (χ4v) is 2.97. The predicted molar refractivity (Wildman–Crippen MR) is 102 cm³/mol. The van der Waals surface area contributed by atoms with Crippen molar-refractivity contribution in [2.45, 2.75) is 25.3 Å². The number of pyridine rings is 1. The summed E-state index contributed by atoms with van der Waals surface area (Å²) in [6.07, 6.45) is 3.68. The number of fused-ring (bicyclic) bond motifs is 1. The van der Waals surface area contributed by atoms with Gasteiger partial charge in [0.05, 0.1) is 11.1 Å². The molecule has 0 spiro atoms. The second-order valence-corrected chi connectivity index (χ2v) is 6.18. The summed E-state index contributed by atoms with van der Waals surface area (Å²) in [4.78, 5) is 28.7. The van der Waals surface area contributed by atoms with E-state index >= 15 is 0 Å². The lowest BCUT2D eigenvalue weighted by atomic mass is 10.0. The Morgan fingerprint density at radius 1 is 1.00 bits per heavy atom. The zero-order chi connectivity index (χ0) is 18.4. The Bertz CT molecular complexity index is 904. The van der Waals surface area contributed by atoms with Crippen LogP contribution in [0.25, 0.3) is 10.9 Å². The number of carbonyl (C=O) groups excluding carboxylic acids is 2. The van der Waals surface area contributed by atoms with Crippen LogP contribution in [-0.4, -0.2) is 22.8 Å². The Morgan fingerprint density at radius 2 is 1.73 bits per heavy atom. The Morgan fingerprint density at radius 3 is 2.50 bits per heavy atom. The number of nitrogens with one attached hydrogen (secondary N) is 1. The number of benzene rings is 2. The Hall–Kier alpha value is -3.21. The van der Waals surface area contributed by atoms with Crippen molar-refractivity contribution >= 4 is 22.7 Å². The van der Waals surface area contributed by atoms with Crippen LogP contribution in [0.15, 0.2) is 66.9 Å². The summed E-state index contributed by atoms with van der Waals surface area (Å²) in [5.41, 5.74) is 7.91. The SMILES string of the molecule is NC(=O)[C@H](CCCc1ccccc1)NC(=O)c1ccnc2ccccc12. The summed E-state index contributed by atoms with van der Waals surface area (Å²) < 4.78 is 0. The maximum absolute atomic E-state index is 12.7. The molecule has 0 aliphatic heterocycles. The highest BCUT2D eigenvalue weighted by molar-refractivity contribution is 6.07. The number of nitrogens with two attached hydrogens (primary N) is 1. The molecule has 5 nitrogen and oxygen atoms in total. The number of rotatable bonds is 7. The molecule has 0 radical (unpaired) electrons. The second kappa shape index (κ2) is 8.25. The first-order valence-electron chi connectivity index (χ1n) is 8.63. The third kappa shape index (κ3) is 4.25. The van der Waals surface area contributed by atoms with Crippen LogP contribution < -0.4 is 11.1 Å². The van der Waals surface area contributed by atoms with Crippen molar-refractivity contribution in [1.82, 2.24) is 10.3 Å². The molecule has 0 aliphatic rings. The molecular formula is C21H21N3O2. The van der Waals surface area contributed by atoms with Crippen LogP contribution in [0.4, 0.5) is 0 Å². The summed E-state index contributed by atoms with van der Waals surface area (Å²) in [7, 11) is 0. The molecule has 0 saturated heterocycles. The van der Waals surface area contributed by atoms with Gasteiger partial charge in [0.2, 0.25) is 5.91 Å². The molecule has 3 rings (SSSR count). The lowest BCUT2D eigenvalue weighted by molar-refractivity contribution is -0.120. The molecule has 0 bridgehead atoms. The highest BCUT2D eigenvalue weighted by atomic mass is 16.2. The number of carbonyl (C=O) groups is 2. The maximum atomic E-state index is 12.7. The summed E-state index contributed by atoms with van der Waals surface area (Å²) in [6, 6.07) is 18.4. The highest BCUT2D eigenvalue weighted by Gasteiger charge is 2.20. The fraction of sp³-hybridized carbons (Fsp3) is 0.190. The van der Waals surface area contributed by atoms with Crippen LogP contribution in [0.1, 0.15) is 28.8 Å². The number of aromatic nitrogens is 1. The van der Waals surface area contributed by atoms with E-state index in [2.05, 4.69) is 10.3 Å². The van der Waals surface area contributed by atoms with E-state index in [1.165, 1.54) is 5.56 Å². The minimum Gasteiger partial charge on any atom is -0.368 e. The molecule has 1 aromatic heterocycles. The van der Waals surface area contributed by atoms with Crippen LogP contribution in [-0.2, 0) is 11.2 Å².